The first-order valence-electron chi connectivity index (χ1n) is 5.71. The summed E-state index contributed by atoms with van der Waals surface area (Å²) in [7, 11) is 0. The Morgan fingerprint density at radius 2 is 2.00 bits per heavy atom. The van der Waals surface area contributed by atoms with Gasteiger partial charge in [0.05, 0.1) is 11.6 Å². The van der Waals surface area contributed by atoms with Crippen LogP contribution in [-0.4, -0.2) is 18.3 Å². The van der Waals surface area contributed by atoms with Crippen molar-refractivity contribution in [2.75, 3.05) is 18.5 Å². The first kappa shape index (κ1) is 12.5. The molecule has 86 valence electrons. The van der Waals surface area contributed by atoms with Crippen molar-refractivity contribution in [3.05, 3.63) is 29.8 Å². The number of aliphatic hydroxyl groups is 1. The molecule has 16 heavy (non-hydrogen) atoms. The summed E-state index contributed by atoms with van der Waals surface area (Å²) in [6.45, 7) is 1.21. The molecule has 0 aliphatic carbocycles. The molecule has 0 amide bonds. The van der Waals surface area contributed by atoms with Crippen LogP contribution in [0, 0.1) is 11.3 Å². The number of benzene rings is 1. The molecule has 0 unspecified atom stereocenters. The lowest BCUT2D eigenvalue weighted by Crippen LogP contribution is -2.01. The number of anilines is 1. The summed E-state index contributed by atoms with van der Waals surface area (Å²) in [6.07, 6.45) is 4.20. The number of rotatable bonds is 7. The minimum atomic E-state index is 0.289. The number of aliphatic hydroxyl groups excluding tert-OH is 1. The van der Waals surface area contributed by atoms with Gasteiger partial charge in [-0.15, -0.1) is 0 Å². The summed E-state index contributed by atoms with van der Waals surface area (Å²) in [5.74, 6) is 0. The van der Waals surface area contributed by atoms with Gasteiger partial charge in [0, 0.05) is 18.8 Å². The average Bonchev–Trinajstić information content (AvgIpc) is 2.34. The number of unbranched alkanes of at least 4 members (excludes halogenated alkanes) is 3. The number of hydrogen-bond acceptors (Lipinski definition) is 3. The van der Waals surface area contributed by atoms with Crippen molar-refractivity contribution in [1.82, 2.24) is 0 Å². The van der Waals surface area contributed by atoms with E-state index >= 15 is 0 Å². The lowest BCUT2D eigenvalue weighted by atomic mass is 10.2. The highest BCUT2D eigenvalue weighted by atomic mass is 16.2. The molecule has 0 atom stereocenters. The van der Waals surface area contributed by atoms with Gasteiger partial charge in [0.1, 0.15) is 0 Å². The second kappa shape index (κ2) is 7.72. The molecule has 0 radical (unpaired) electrons. The third kappa shape index (κ3) is 4.81. The van der Waals surface area contributed by atoms with Gasteiger partial charge in [0.15, 0.2) is 0 Å². The van der Waals surface area contributed by atoms with E-state index in [0.717, 1.165) is 37.9 Å². The van der Waals surface area contributed by atoms with Crippen molar-refractivity contribution in [2.45, 2.75) is 25.7 Å². The molecule has 0 fully saturated rings. The Labute approximate surface area is 96.7 Å². The zero-order chi connectivity index (χ0) is 11.6. The lowest BCUT2D eigenvalue weighted by molar-refractivity contribution is 0.283. The summed E-state index contributed by atoms with van der Waals surface area (Å²) < 4.78 is 0. The smallest absolute Gasteiger partial charge is 0.0992 e. The zero-order valence-corrected chi connectivity index (χ0v) is 9.45. The Hall–Kier alpha value is -1.53. The highest BCUT2D eigenvalue weighted by Crippen LogP contribution is 2.10. The Balaban J connectivity index is 2.19. The van der Waals surface area contributed by atoms with Gasteiger partial charge >= 0.3 is 0 Å². The van der Waals surface area contributed by atoms with E-state index in [1.165, 1.54) is 0 Å². The van der Waals surface area contributed by atoms with Crippen LogP contribution in [-0.2, 0) is 0 Å². The molecule has 3 nitrogen and oxygen atoms in total. The fourth-order valence-electron chi connectivity index (χ4n) is 1.52. The average molecular weight is 218 g/mol. The molecule has 1 rings (SSSR count). The van der Waals surface area contributed by atoms with Crippen LogP contribution < -0.4 is 5.32 Å². The molecule has 0 saturated carbocycles. The van der Waals surface area contributed by atoms with E-state index < -0.39 is 0 Å². The van der Waals surface area contributed by atoms with E-state index in [9.17, 15) is 0 Å². The number of nitrogens with zero attached hydrogens (tertiary/aromatic N) is 1. The Morgan fingerprint density at radius 1 is 1.19 bits per heavy atom. The van der Waals surface area contributed by atoms with Gasteiger partial charge in [0.2, 0.25) is 0 Å². The Bertz CT molecular complexity index is 344. The van der Waals surface area contributed by atoms with Gasteiger partial charge in [-0.05, 0) is 31.0 Å². The SMILES string of the molecule is N#Cc1cccc(NCCCCCCO)c1. The summed E-state index contributed by atoms with van der Waals surface area (Å²) >= 11 is 0. The number of hydrogen-bond donors (Lipinski definition) is 2. The standard InChI is InChI=1S/C13H18N2O/c14-11-12-6-5-7-13(10-12)15-8-3-1-2-4-9-16/h5-7,10,15-16H,1-4,8-9H2. The van der Waals surface area contributed by atoms with Crippen molar-refractivity contribution < 1.29 is 5.11 Å². The van der Waals surface area contributed by atoms with Crippen LogP contribution >= 0.6 is 0 Å². The lowest BCUT2D eigenvalue weighted by Gasteiger charge is -2.06. The van der Waals surface area contributed by atoms with E-state index in [1.807, 2.05) is 18.2 Å². The molecule has 0 spiro atoms. The highest BCUT2D eigenvalue weighted by molar-refractivity contribution is 5.48. The third-order valence-corrected chi connectivity index (χ3v) is 2.41. The number of nitrogens with one attached hydrogen (secondary N) is 1. The quantitative estimate of drug-likeness (QED) is 0.691. The second-order valence-electron chi connectivity index (χ2n) is 3.76. The van der Waals surface area contributed by atoms with Crippen LogP contribution in [0.5, 0.6) is 0 Å². The van der Waals surface area contributed by atoms with Gasteiger partial charge < -0.3 is 10.4 Å². The van der Waals surface area contributed by atoms with Crippen LogP contribution in [0.3, 0.4) is 0 Å². The maximum Gasteiger partial charge on any atom is 0.0992 e. The Morgan fingerprint density at radius 3 is 2.75 bits per heavy atom. The molecule has 0 aliphatic rings. The fraction of sp³-hybridized carbons (Fsp3) is 0.462. The third-order valence-electron chi connectivity index (χ3n) is 2.41. The largest absolute Gasteiger partial charge is 0.396 e. The van der Waals surface area contributed by atoms with Crippen molar-refractivity contribution in [2.24, 2.45) is 0 Å². The molecule has 1 aromatic carbocycles. The summed E-state index contributed by atoms with van der Waals surface area (Å²) in [5.41, 5.74) is 1.69. The van der Waals surface area contributed by atoms with Crippen LogP contribution in [0.25, 0.3) is 0 Å². The Kier molecular flexibility index (Phi) is 6.05. The van der Waals surface area contributed by atoms with Gasteiger partial charge in [-0.2, -0.15) is 5.26 Å². The summed E-state index contributed by atoms with van der Waals surface area (Å²) in [5, 5.41) is 20.6. The molecule has 1 aromatic rings. The normalized spacial score (nSPS) is 9.75. The van der Waals surface area contributed by atoms with E-state index in [1.54, 1.807) is 6.07 Å². The van der Waals surface area contributed by atoms with Gasteiger partial charge in [0.25, 0.3) is 0 Å². The highest BCUT2D eigenvalue weighted by Gasteiger charge is 1.94. The van der Waals surface area contributed by atoms with Crippen LogP contribution in [0.1, 0.15) is 31.2 Å². The topological polar surface area (TPSA) is 56.0 Å². The first-order valence-corrected chi connectivity index (χ1v) is 5.71. The fourth-order valence-corrected chi connectivity index (χ4v) is 1.52. The van der Waals surface area contributed by atoms with Crippen molar-refractivity contribution in [1.29, 1.82) is 5.26 Å². The van der Waals surface area contributed by atoms with Gasteiger partial charge in [-0.25, -0.2) is 0 Å². The first-order chi connectivity index (χ1) is 7.86. The van der Waals surface area contributed by atoms with E-state index in [-0.39, 0.29) is 6.61 Å². The maximum atomic E-state index is 8.73. The molecule has 0 aliphatic heterocycles. The molecular weight excluding hydrogens is 200 g/mol. The monoisotopic (exact) mass is 218 g/mol. The second-order valence-corrected chi connectivity index (χ2v) is 3.76. The van der Waals surface area contributed by atoms with E-state index in [4.69, 9.17) is 10.4 Å². The summed E-state index contributed by atoms with van der Waals surface area (Å²) in [6, 6.07) is 9.62. The maximum absolute atomic E-state index is 8.73. The van der Waals surface area contributed by atoms with Crippen LogP contribution in [0.4, 0.5) is 5.69 Å². The molecule has 0 bridgehead atoms. The predicted octanol–water partition coefficient (Wildman–Crippen LogP) is 2.52. The summed E-state index contributed by atoms with van der Waals surface area (Å²) in [4.78, 5) is 0. The van der Waals surface area contributed by atoms with Crippen LogP contribution in [0.15, 0.2) is 24.3 Å². The minimum Gasteiger partial charge on any atom is -0.396 e. The molecule has 3 heteroatoms. The van der Waals surface area contributed by atoms with Gasteiger partial charge in [-0.3, -0.25) is 0 Å². The van der Waals surface area contributed by atoms with Crippen molar-refractivity contribution in [3.63, 3.8) is 0 Å². The van der Waals surface area contributed by atoms with Gasteiger partial charge in [-0.1, -0.05) is 18.9 Å². The van der Waals surface area contributed by atoms with Crippen LogP contribution in [0.2, 0.25) is 0 Å². The molecule has 2 N–H and O–H groups in total. The predicted molar refractivity (Wildman–Crippen MR) is 65.2 cm³/mol. The number of nitriles is 1. The molecule has 0 aromatic heterocycles. The minimum absolute atomic E-state index is 0.289. The van der Waals surface area contributed by atoms with E-state index in [2.05, 4.69) is 11.4 Å². The molecular formula is C13H18N2O. The molecule has 0 heterocycles. The molecule has 0 saturated heterocycles. The zero-order valence-electron chi connectivity index (χ0n) is 9.45. The van der Waals surface area contributed by atoms with E-state index in [0.29, 0.717) is 5.56 Å². The van der Waals surface area contributed by atoms with Crippen molar-refractivity contribution >= 4 is 5.69 Å². The van der Waals surface area contributed by atoms with Crippen molar-refractivity contribution in [3.8, 4) is 6.07 Å².